The molecule has 4 N–H and O–H groups in total. The second-order valence-corrected chi connectivity index (χ2v) is 7.74. The Labute approximate surface area is 188 Å². The minimum absolute atomic E-state index is 0.0575. The maximum atomic E-state index is 14.6. The summed E-state index contributed by atoms with van der Waals surface area (Å²) in [7, 11) is 0. The zero-order valence-corrected chi connectivity index (χ0v) is 17.6. The van der Waals surface area contributed by atoms with Crippen molar-refractivity contribution in [1.82, 2.24) is 4.98 Å². The molecule has 1 aliphatic carbocycles. The molecule has 1 aliphatic rings. The molecule has 3 aromatic rings. The molecule has 0 bridgehead atoms. The van der Waals surface area contributed by atoms with Crippen LogP contribution in [0.25, 0.3) is 0 Å². The number of hydrogen-bond acceptors (Lipinski definition) is 7. The van der Waals surface area contributed by atoms with Gasteiger partial charge in [-0.05, 0) is 49.2 Å². The lowest BCUT2D eigenvalue weighted by atomic mass is 10.0. The highest BCUT2D eigenvalue weighted by atomic mass is 19.1. The monoisotopic (exact) mass is 449 g/mol. The number of nitrogens with zero attached hydrogens (tertiary/aromatic N) is 2. The number of benzene rings is 2. The molecule has 33 heavy (non-hydrogen) atoms. The summed E-state index contributed by atoms with van der Waals surface area (Å²) >= 11 is 0. The number of nitroso groups, excluding NO2 is 1. The number of hydrogen-bond donors (Lipinski definition) is 3. The van der Waals surface area contributed by atoms with Gasteiger partial charge in [-0.3, -0.25) is 9.59 Å². The summed E-state index contributed by atoms with van der Waals surface area (Å²) in [6.45, 7) is 1.93. The van der Waals surface area contributed by atoms with Crippen molar-refractivity contribution in [3.63, 3.8) is 0 Å². The Bertz CT molecular complexity index is 1240. The number of halogens is 1. The van der Waals surface area contributed by atoms with Crippen molar-refractivity contribution in [2.75, 3.05) is 16.4 Å². The minimum Gasteiger partial charge on any atom is -0.452 e. The highest BCUT2D eigenvalue weighted by Gasteiger charge is 2.56. The van der Waals surface area contributed by atoms with E-state index in [9.17, 15) is 18.9 Å². The lowest BCUT2D eigenvalue weighted by Crippen LogP contribution is -2.35. The van der Waals surface area contributed by atoms with Gasteiger partial charge >= 0.3 is 0 Å². The van der Waals surface area contributed by atoms with Crippen LogP contribution in [-0.2, 0) is 9.59 Å². The Morgan fingerprint density at radius 1 is 1.03 bits per heavy atom. The number of nitrogens with two attached hydrogens (primary N) is 1. The molecule has 1 aromatic heterocycles. The number of pyridine rings is 1. The molecule has 1 saturated carbocycles. The normalized spacial score (nSPS) is 13.6. The summed E-state index contributed by atoms with van der Waals surface area (Å²) in [6.07, 6.45) is 2.08. The van der Waals surface area contributed by atoms with E-state index in [1.54, 1.807) is 12.1 Å². The predicted molar refractivity (Wildman–Crippen MR) is 121 cm³/mol. The quantitative estimate of drug-likeness (QED) is 0.355. The first-order chi connectivity index (χ1) is 15.8. The molecule has 0 aliphatic heterocycles. The molecule has 1 fully saturated rings. The first kappa shape index (κ1) is 21.9. The van der Waals surface area contributed by atoms with Gasteiger partial charge in [-0.1, -0.05) is 17.7 Å². The first-order valence-corrected chi connectivity index (χ1v) is 10.1. The third-order valence-corrected chi connectivity index (χ3v) is 5.35. The largest absolute Gasteiger partial charge is 0.452 e. The van der Waals surface area contributed by atoms with Gasteiger partial charge in [0.15, 0.2) is 28.8 Å². The molecule has 0 radical (unpaired) electrons. The van der Waals surface area contributed by atoms with Gasteiger partial charge in [0.2, 0.25) is 11.8 Å². The number of nitrogens with one attached hydrogen (secondary N) is 2. The van der Waals surface area contributed by atoms with Crippen LogP contribution in [0.2, 0.25) is 0 Å². The van der Waals surface area contributed by atoms with Crippen LogP contribution in [0.1, 0.15) is 18.4 Å². The molecule has 168 valence electrons. The predicted octanol–water partition coefficient (Wildman–Crippen LogP) is 4.66. The average Bonchev–Trinajstić information content (AvgIpc) is 3.60. The van der Waals surface area contributed by atoms with Gasteiger partial charge in [-0.15, -0.1) is 4.91 Å². The van der Waals surface area contributed by atoms with Crippen LogP contribution in [-0.4, -0.2) is 16.8 Å². The summed E-state index contributed by atoms with van der Waals surface area (Å²) < 4.78 is 20.0. The topological polar surface area (TPSA) is 136 Å². The second kappa shape index (κ2) is 8.65. The molecule has 0 unspecified atom stereocenters. The molecular formula is C23H20FN5O4. The lowest BCUT2D eigenvalue weighted by Gasteiger charge is -2.16. The van der Waals surface area contributed by atoms with Gasteiger partial charge in [0.05, 0.1) is 0 Å². The number of anilines is 3. The van der Waals surface area contributed by atoms with E-state index in [1.807, 2.05) is 19.1 Å². The fourth-order valence-corrected chi connectivity index (χ4v) is 3.23. The van der Waals surface area contributed by atoms with Crippen LogP contribution in [0.15, 0.2) is 59.9 Å². The van der Waals surface area contributed by atoms with Crippen molar-refractivity contribution < 1.29 is 18.7 Å². The van der Waals surface area contributed by atoms with Gasteiger partial charge in [0, 0.05) is 29.7 Å². The van der Waals surface area contributed by atoms with E-state index < -0.39 is 23.0 Å². The third-order valence-electron chi connectivity index (χ3n) is 5.35. The molecule has 0 spiro atoms. The van der Waals surface area contributed by atoms with E-state index in [2.05, 4.69) is 20.8 Å². The fourth-order valence-electron chi connectivity index (χ4n) is 3.23. The van der Waals surface area contributed by atoms with E-state index in [-0.39, 0.29) is 28.7 Å². The highest BCUT2D eigenvalue weighted by Crippen LogP contribution is 2.47. The molecule has 4 rings (SSSR count). The SMILES string of the molecule is Cc1ccc(NC(=O)C2(C(=O)Nc3ccc(Oc4ccnc(N)c4N=O)c(F)c3)CC2)cc1. The highest BCUT2D eigenvalue weighted by molar-refractivity contribution is 6.16. The summed E-state index contributed by atoms with van der Waals surface area (Å²) in [5.41, 5.74) is 5.92. The van der Waals surface area contributed by atoms with E-state index in [4.69, 9.17) is 10.5 Å². The number of rotatable bonds is 7. The molecule has 9 nitrogen and oxygen atoms in total. The molecular weight excluding hydrogens is 429 g/mol. The van der Waals surface area contributed by atoms with Gasteiger partial charge < -0.3 is 21.1 Å². The van der Waals surface area contributed by atoms with Crippen LogP contribution in [0.5, 0.6) is 11.5 Å². The number of aromatic nitrogens is 1. The van der Waals surface area contributed by atoms with Crippen molar-refractivity contribution >= 4 is 34.7 Å². The second-order valence-electron chi connectivity index (χ2n) is 7.74. The summed E-state index contributed by atoms with van der Waals surface area (Å²) in [5, 5.41) is 8.11. The Hall–Kier alpha value is -4.34. The van der Waals surface area contributed by atoms with Gasteiger partial charge in [0.1, 0.15) is 5.41 Å². The number of aryl methyl sites for hydroxylation is 1. The Morgan fingerprint density at radius 3 is 2.27 bits per heavy atom. The van der Waals surface area contributed by atoms with Crippen LogP contribution in [0.4, 0.5) is 27.3 Å². The summed E-state index contributed by atoms with van der Waals surface area (Å²) in [5.74, 6) is -2.14. The van der Waals surface area contributed by atoms with E-state index in [0.29, 0.717) is 18.5 Å². The van der Waals surface area contributed by atoms with E-state index in [1.165, 1.54) is 24.4 Å². The maximum absolute atomic E-state index is 14.6. The number of carbonyl (C=O) groups excluding carboxylic acids is 2. The van der Waals surface area contributed by atoms with Crippen LogP contribution >= 0.6 is 0 Å². The van der Waals surface area contributed by atoms with Crippen molar-refractivity contribution in [3.8, 4) is 11.5 Å². The summed E-state index contributed by atoms with van der Waals surface area (Å²) in [6, 6.07) is 12.3. The molecule has 0 saturated heterocycles. The molecule has 2 aromatic carbocycles. The van der Waals surface area contributed by atoms with Crippen molar-refractivity contribution in [1.29, 1.82) is 0 Å². The number of ether oxygens (including phenoxy) is 1. The molecule has 10 heteroatoms. The maximum Gasteiger partial charge on any atom is 0.240 e. The lowest BCUT2D eigenvalue weighted by molar-refractivity contribution is -0.131. The van der Waals surface area contributed by atoms with Crippen molar-refractivity contribution in [3.05, 3.63) is 71.0 Å². The van der Waals surface area contributed by atoms with Crippen molar-refractivity contribution in [2.45, 2.75) is 19.8 Å². The van der Waals surface area contributed by atoms with Crippen molar-refractivity contribution in [2.24, 2.45) is 10.6 Å². The van der Waals surface area contributed by atoms with Crippen LogP contribution < -0.4 is 21.1 Å². The van der Waals surface area contributed by atoms with Gasteiger partial charge in [-0.25, -0.2) is 9.37 Å². The smallest absolute Gasteiger partial charge is 0.240 e. The number of carbonyl (C=O) groups is 2. The van der Waals surface area contributed by atoms with Crippen LogP contribution in [0, 0.1) is 23.1 Å². The zero-order chi connectivity index (χ0) is 23.6. The number of amides is 2. The Morgan fingerprint density at radius 2 is 1.67 bits per heavy atom. The van der Waals surface area contributed by atoms with Gasteiger partial charge in [0.25, 0.3) is 0 Å². The van der Waals surface area contributed by atoms with E-state index in [0.717, 1.165) is 11.6 Å². The molecule has 2 amide bonds. The third kappa shape index (κ3) is 4.49. The Kier molecular flexibility index (Phi) is 5.74. The van der Waals surface area contributed by atoms with Gasteiger partial charge in [-0.2, -0.15) is 0 Å². The average molecular weight is 449 g/mol. The first-order valence-electron chi connectivity index (χ1n) is 10.1. The minimum atomic E-state index is -1.20. The van der Waals surface area contributed by atoms with Crippen LogP contribution in [0.3, 0.4) is 0 Å². The standard InChI is InChI=1S/C23H20FN5O4/c1-13-2-4-14(5-3-13)27-21(30)23(9-10-23)22(31)28-15-6-7-17(16(24)12-15)33-18-8-11-26-20(25)19(18)29-32/h2-8,11-12H,9-10H2,1H3,(H2,25,26)(H,27,30)(H,28,31). The fraction of sp³-hybridized carbons (Fsp3) is 0.174. The molecule has 0 atom stereocenters. The zero-order valence-electron chi connectivity index (χ0n) is 17.6. The van der Waals surface area contributed by atoms with E-state index >= 15 is 0 Å². The summed E-state index contributed by atoms with van der Waals surface area (Å²) in [4.78, 5) is 40.2. The Balaban J connectivity index is 1.45. The number of nitrogen functional groups attached to an aromatic ring is 1. The molecule has 1 heterocycles.